The number of piperidine rings is 1. The number of fused-ring (bicyclic) bond motifs is 2. The zero-order chi connectivity index (χ0) is 34.6. The molecule has 50 heavy (non-hydrogen) atoms. The summed E-state index contributed by atoms with van der Waals surface area (Å²) < 4.78 is 21.7. The largest absolute Gasteiger partial charge is 0.444 e. The fraction of sp³-hybridized carbons (Fsp3) is 0.600. The first kappa shape index (κ1) is 32.7. The normalized spacial score (nSPS) is 23.6. The summed E-state index contributed by atoms with van der Waals surface area (Å²) in [6, 6.07) is 3.98. The lowest BCUT2D eigenvalue weighted by molar-refractivity contribution is -0.0368. The molecule has 4 aliphatic heterocycles. The van der Waals surface area contributed by atoms with Crippen molar-refractivity contribution in [3.63, 3.8) is 0 Å². The van der Waals surface area contributed by atoms with Gasteiger partial charge in [0.05, 0.1) is 42.5 Å². The van der Waals surface area contributed by atoms with Crippen LogP contribution >= 0.6 is 0 Å². The van der Waals surface area contributed by atoms with Gasteiger partial charge in [0.1, 0.15) is 11.4 Å². The molecule has 0 aliphatic carbocycles. The van der Waals surface area contributed by atoms with Gasteiger partial charge in [-0.25, -0.2) is 24.4 Å². The van der Waals surface area contributed by atoms with E-state index in [2.05, 4.69) is 31.6 Å². The van der Waals surface area contributed by atoms with E-state index in [-0.39, 0.29) is 23.8 Å². The lowest BCUT2D eigenvalue weighted by Gasteiger charge is -2.42. The Morgan fingerprint density at radius 1 is 1.10 bits per heavy atom. The van der Waals surface area contributed by atoms with Crippen LogP contribution in [0, 0.1) is 5.41 Å². The van der Waals surface area contributed by atoms with E-state index < -0.39 is 11.7 Å². The van der Waals surface area contributed by atoms with Gasteiger partial charge < -0.3 is 34.6 Å². The average molecular weight is 686 g/mol. The minimum absolute atomic E-state index is 0.0965. The number of anilines is 4. The fourth-order valence-electron chi connectivity index (χ4n) is 7.80. The molecular formula is C35H47N11O4. The maximum atomic E-state index is 12.8. The highest BCUT2D eigenvalue weighted by molar-refractivity contribution is 5.90. The number of nitrogens with zero attached hydrogens (tertiary/aromatic N) is 9. The number of ether oxygens (including phenoxy) is 3. The van der Waals surface area contributed by atoms with Gasteiger partial charge in [-0.05, 0) is 71.9 Å². The molecule has 4 aromatic rings. The van der Waals surface area contributed by atoms with Crippen LogP contribution in [0.1, 0.15) is 66.0 Å². The molecule has 8 rings (SSSR count). The van der Waals surface area contributed by atoms with Crippen LogP contribution in [0.5, 0.6) is 0 Å². The highest BCUT2D eigenvalue weighted by Crippen LogP contribution is 2.44. The van der Waals surface area contributed by atoms with Crippen LogP contribution in [-0.4, -0.2) is 97.7 Å². The van der Waals surface area contributed by atoms with Crippen LogP contribution < -0.4 is 20.4 Å². The molecule has 4 aromatic heterocycles. The Morgan fingerprint density at radius 3 is 2.68 bits per heavy atom. The summed E-state index contributed by atoms with van der Waals surface area (Å²) in [5.41, 5.74) is 3.48. The maximum absolute atomic E-state index is 12.8. The molecule has 8 heterocycles. The predicted octanol–water partition coefficient (Wildman–Crippen LogP) is 4.78. The molecule has 0 radical (unpaired) electrons. The number of amides is 1. The molecule has 1 unspecified atom stereocenters. The van der Waals surface area contributed by atoms with Gasteiger partial charge in [-0.1, -0.05) is 0 Å². The monoisotopic (exact) mass is 685 g/mol. The number of rotatable bonds is 5. The fourth-order valence-corrected chi connectivity index (χ4v) is 7.80. The third-order valence-electron chi connectivity index (χ3n) is 10.4. The third kappa shape index (κ3) is 6.10. The molecule has 15 nitrogen and oxygen atoms in total. The highest BCUT2D eigenvalue weighted by Gasteiger charge is 2.50. The van der Waals surface area contributed by atoms with Crippen LogP contribution in [0.2, 0.25) is 0 Å². The Kier molecular flexibility index (Phi) is 8.29. The summed E-state index contributed by atoms with van der Waals surface area (Å²) in [6.45, 7) is 11.9. The predicted molar refractivity (Wildman–Crippen MR) is 189 cm³/mol. The summed E-state index contributed by atoms with van der Waals surface area (Å²) in [5.74, 6) is 2.35. The highest BCUT2D eigenvalue weighted by atomic mass is 16.6. The number of aromatic nitrogens is 7. The van der Waals surface area contributed by atoms with Crippen molar-refractivity contribution in [1.29, 1.82) is 0 Å². The van der Waals surface area contributed by atoms with Crippen molar-refractivity contribution in [1.82, 2.24) is 39.8 Å². The molecule has 266 valence electrons. The second-order valence-electron chi connectivity index (χ2n) is 15.0. The Hall–Kier alpha value is -4.50. The minimum Gasteiger partial charge on any atom is -0.444 e. The van der Waals surface area contributed by atoms with E-state index in [9.17, 15) is 4.79 Å². The molecule has 0 aromatic carbocycles. The van der Waals surface area contributed by atoms with Gasteiger partial charge in [0.15, 0.2) is 29.0 Å². The lowest BCUT2D eigenvalue weighted by atomic mass is 9.73. The lowest BCUT2D eigenvalue weighted by Crippen LogP contribution is -2.55. The smallest absolute Gasteiger partial charge is 0.407 e. The van der Waals surface area contributed by atoms with E-state index in [1.54, 1.807) is 4.68 Å². The molecule has 3 saturated heterocycles. The van der Waals surface area contributed by atoms with E-state index in [4.69, 9.17) is 34.3 Å². The van der Waals surface area contributed by atoms with Gasteiger partial charge in [0, 0.05) is 57.0 Å². The molecule has 0 bridgehead atoms. The number of carbonyl (C=O) groups is 1. The Labute approximate surface area is 291 Å². The second kappa shape index (κ2) is 12.7. The van der Waals surface area contributed by atoms with E-state index in [1.807, 2.05) is 64.1 Å². The van der Waals surface area contributed by atoms with Gasteiger partial charge in [-0.3, -0.25) is 4.68 Å². The van der Waals surface area contributed by atoms with Crippen LogP contribution in [-0.2, 0) is 21.3 Å². The van der Waals surface area contributed by atoms with Gasteiger partial charge in [-0.2, -0.15) is 5.10 Å². The zero-order valence-electron chi connectivity index (χ0n) is 29.6. The molecule has 1 amide bonds. The Bertz CT molecular complexity index is 1870. The van der Waals surface area contributed by atoms with E-state index in [1.165, 1.54) is 0 Å². The number of carbonyl (C=O) groups excluding carboxylic acids is 1. The van der Waals surface area contributed by atoms with Gasteiger partial charge >= 0.3 is 6.09 Å². The van der Waals surface area contributed by atoms with Crippen molar-refractivity contribution in [2.75, 3.05) is 54.5 Å². The molecule has 4 aliphatic rings. The van der Waals surface area contributed by atoms with Gasteiger partial charge in [0.2, 0.25) is 0 Å². The summed E-state index contributed by atoms with van der Waals surface area (Å²) in [4.78, 5) is 32.5. The van der Waals surface area contributed by atoms with Crippen molar-refractivity contribution in [3.8, 4) is 11.3 Å². The van der Waals surface area contributed by atoms with Crippen LogP contribution in [0.4, 0.5) is 27.9 Å². The van der Waals surface area contributed by atoms with Crippen LogP contribution in [0.25, 0.3) is 22.4 Å². The molecule has 0 saturated carbocycles. The van der Waals surface area contributed by atoms with Crippen molar-refractivity contribution >= 4 is 40.4 Å². The average Bonchev–Trinajstić information content (AvgIpc) is 3.80. The number of hydrogen-bond donors (Lipinski definition) is 2. The van der Waals surface area contributed by atoms with Gasteiger partial charge in [-0.15, -0.1) is 5.10 Å². The zero-order valence-corrected chi connectivity index (χ0v) is 29.6. The SMILES string of the molecule is C[C@@H]1OCC2(CCN(c3cnc4c(N5CCNc6nc(-c7cnn(C)c7)ccc65)nn(C5CCCCO5)c4n3)CC2)[C@@H]1NC(=O)OC(C)(C)C. The van der Waals surface area contributed by atoms with Crippen molar-refractivity contribution < 1.29 is 19.0 Å². The number of alkyl carbamates (subject to hydrolysis) is 1. The standard InChI is InChI=1S/C35H47N11O4/c1-22-29(41-33(47)50-34(2,3)4)35(21-49-22)11-14-44(15-12-35)26-19-37-28-31(40-26)46(27-8-6-7-17-48-27)42-32(28)45-16-13-36-30-25(45)10-9-24(39-30)23-18-38-43(5)20-23/h9-10,18-20,22,27,29H,6-8,11-17,21H2,1-5H3,(H,36,39)(H,41,47)/t22-,27?,29+/m0/s1. The summed E-state index contributed by atoms with van der Waals surface area (Å²) in [6.07, 6.45) is 9.62. The number of nitrogens with one attached hydrogen (secondary N) is 2. The molecular weight excluding hydrogens is 638 g/mol. The van der Waals surface area contributed by atoms with Crippen LogP contribution in [0.3, 0.4) is 0 Å². The van der Waals surface area contributed by atoms with Crippen molar-refractivity contribution in [2.24, 2.45) is 12.5 Å². The Balaban J connectivity index is 1.07. The number of hydrogen-bond acceptors (Lipinski definition) is 12. The number of aryl methyl sites for hydroxylation is 1. The maximum Gasteiger partial charge on any atom is 0.407 e. The summed E-state index contributed by atoms with van der Waals surface area (Å²) in [5, 5.41) is 16.1. The van der Waals surface area contributed by atoms with E-state index >= 15 is 0 Å². The van der Waals surface area contributed by atoms with E-state index in [0.29, 0.717) is 32.0 Å². The van der Waals surface area contributed by atoms with Crippen molar-refractivity contribution in [3.05, 3.63) is 30.7 Å². The minimum atomic E-state index is -0.565. The molecule has 3 fully saturated rings. The first-order chi connectivity index (χ1) is 24.1. The van der Waals surface area contributed by atoms with Gasteiger partial charge in [0.25, 0.3) is 0 Å². The molecule has 2 N–H and O–H groups in total. The summed E-state index contributed by atoms with van der Waals surface area (Å²) in [7, 11) is 1.90. The van der Waals surface area contributed by atoms with E-state index in [0.717, 1.165) is 85.1 Å². The van der Waals surface area contributed by atoms with Crippen molar-refractivity contribution in [2.45, 2.75) is 83.8 Å². The topological polar surface area (TPSA) is 150 Å². The first-order valence-electron chi connectivity index (χ1n) is 17.8. The molecule has 1 spiro atoms. The summed E-state index contributed by atoms with van der Waals surface area (Å²) >= 11 is 0. The van der Waals surface area contributed by atoms with Crippen LogP contribution in [0.15, 0.2) is 30.7 Å². The molecule has 15 heteroatoms. The molecule has 3 atom stereocenters. The Morgan fingerprint density at radius 2 is 1.94 bits per heavy atom. The second-order valence-corrected chi connectivity index (χ2v) is 15.0. The third-order valence-corrected chi connectivity index (χ3v) is 10.4. The first-order valence-corrected chi connectivity index (χ1v) is 17.8. The quantitative estimate of drug-likeness (QED) is 0.298. The number of pyridine rings is 1.